The molecule has 0 bridgehead atoms. The zero-order valence-electron chi connectivity index (χ0n) is 23.2. The van der Waals surface area contributed by atoms with Crippen LogP contribution in [0.15, 0.2) is 24.0 Å². The molecule has 0 spiro atoms. The summed E-state index contributed by atoms with van der Waals surface area (Å²) in [7, 11) is 1.72. The van der Waals surface area contributed by atoms with E-state index >= 15 is 0 Å². The predicted octanol–water partition coefficient (Wildman–Crippen LogP) is 4.47. The van der Waals surface area contributed by atoms with E-state index in [4.69, 9.17) is 26.7 Å². The third-order valence-corrected chi connectivity index (χ3v) is 7.12. The molecule has 1 aromatic heterocycles. The number of aliphatic hydroxyl groups is 2. The van der Waals surface area contributed by atoms with Crippen molar-refractivity contribution >= 4 is 28.7 Å². The number of hydrogen-bond donors (Lipinski definition) is 4. The Kier molecular flexibility index (Phi) is 10.4. The zero-order valence-corrected chi connectivity index (χ0v) is 24.0. The van der Waals surface area contributed by atoms with Crippen molar-refractivity contribution in [1.29, 1.82) is 5.41 Å². The number of piperazine rings is 1. The largest absolute Gasteiger partial charge is 0.512 e. The van der Waals surface area contributed by atoms with Gasteiger partial charge in [0.25, 0.3) is 0 Å². The summed E-state index contributed by atoms with van der Waals surface area (Å²) in [4.78, 5) is 12.7. The van der Waals surface area contributed by atoms with Gasteiger partial charge in [0, 0.05) is 49.6 Å². The van der Waals surface area contributed by atoms with Gasteiger partial charge in [-0.15, -0.1) is 0 Å². The predicted molar refractivity (Wildman–Crippen MR) is 151 cm³/mol. The number of alkyl halides is 3. The van der Waals surface area contributed by atoms with Gasteiger partial charge in [0.1, 0.15) is 36.1 Å². The molecule has 40 heavy (non-hydrogen) atoms. The minimum atomic E-state index is -4.32. The molecular formula is C27H36ClF3N6O3. The van der Waals surface area contributed by atoms with Crippen LogP contribution >= 0.6 is 11.6 Å². The van der Waals surface area contributed by atoms with Gasteiger partial charge in [-0.2, -0.15) is 13.2 Å². The summed E-state index contributed by atoms with van der Waals surface area (Å²) in [5.74, 6) is 1.00. The molecule has 0 radical (unpaired) electrons. The second-order valence-electron chi connectivity index (χ2n) is 9.83. The molecule has 4 N–H and O–H groups in total. The fourth-order valence-electron chi connectivity index (χ4n) is 4.58. The number of nitrogens with one attached hydrogen (secondary N) is 2. The number of aliphatic hydroxyl groups excluding tert-OH is 2. The normalized spacial score (nSPS) is 16.9. The first-order valence-electron chi connectivity index (χ1n) is 12.9. The Bertz CT molecular complexity index is 1240. The van der Waals surface area contributed by atoms with E-state index in [1.54, 1.807) is 32.2 Å². The van der Waals surface area contributed by atoms with Crippen LogP contribution in [-0.2, 0) is 0 Å². The molecule has 3 rings (SSSR count). The molecular weight excluding hydrogens is 549 g/mol. The highest BCUT2D eigenvalue weighted by Crippen LogP contribution is 2.35. The van der Waals surface area contributed by atoms with Gasteiger partial charge < -0.3 is 30.6 Å². The Labute approximate surface area is 237 Å². The maximum absolute atomic E-state index is 13.3. The van der Waals surface area contributed by atoms with Crippen LogP contribution in [0.3, 0.4) is 0 Å². The van der Waals surface area contributed by atoms with Crippen LogP contribution in [0.25, 0.3) is 17.0 Å². The quantitative estimate of drug-likeness (QED) is 0.239. The van der Waals surface area contributed by atoms with Crippen LogP contribution in [0.4, 0.5) is 19.0 Å². The molecule has 2 atom stereocenters. The number of ether oxygens (including phenoxy) is 1. The van der Waals surface area contributed by atoms with Crippen LogP contribution in [0.5, 0.6) is 5.75 Å². The minimum Gasteiger partial charge on any atom is -0.512 e. The lowest BCUT2D eigenvalue weighted by atomic mass is 10.0. The molecule has 0 saturated carbocycles. The molecule has 1 aliphatic rings. The molecule has 220 valence electrons. The van der Waals surface area contributed by atoms with Gasteiger partial charge in [-0.05, 0) is 52.9 Å². The van der Waals surface area contributed by atoms with E-state index in [9.17, 15) is 23.4 Å². The molecule has 1 saturated heterocycles. The van der Waals surface area contributed by atoms with E-state index in [-0.39, 0.29) is 55.7 Å². The number of nitrogens with zero attached hydrogens (tertiary/aromatic N) is 4. The fraction of sp³-hybridized carbons (Fsp3) is 0.519. The highest BCUT2D eigenvalue weighted by molar-refractivity contribution is 6.33. The molecule has 2 heterocycles. The summed E-state index contributed by atoms with van der Waals surface area (Å²) < 4.78 is 45.6. The Morgan fingerprint density at radius 3 is 2.40 bits per heavy atom. The lowest BCUT2D eigenvalue weighted by molar-refractivity contribution is -0.179. The number of likely N-dealkylation sites (N-methyl/N-ethyl adjacent to an activating group) is 1. The topological polar surface area (TPSA) is 118 Å². The van der Waals surface area contributed by atoms with Crippen LogP contribution in [0, 0.1) is 12.3 Å². The summed E-state index contributed by atoms with van der Waals surface area (Å²) in [6.07, 6.45) is -5.05. The van der Waals surface area contributed by atoms with Crippen LogP contribution in [-0.4, -0.2) is 95.5 Å². The number of hydrogen-bond acceptors (Lipinski definition) is 9. The SMILES string of the molecule is CNC[C@@H](O)COc1ccc(Cl)c(-c2nc(/C(C(C)=N)=C(\C)O)c(C)c(N3CCN([C@H](C)C(F)(F)F)CC3)n2)c1. The summed E-state index contributed by atoms with van der Waals surface area (Å²) in [5, 5.41) is 31.9. The number of anilines is 1. The number of aromatic nitrogens is 2. The number of rotatable bonds is 10. The summed E-state index contributed by atoms with van der Waals surface area (Å²) in [5.41, 5.74) is 1.64. The summed E-state index contributed by atoms with van der Waals surface area (Å²) in [6, 6.07) is 3.35. The van der Waals surface area contributed by atoms with Gasteiger partial charge in [0.15, 0.2) is 5.82 Å². The smallest absolute Gasteiger partial charge is 0.403 e. The van der Waals surface area contributed by atoms with Crippen LogP contribution < -0.4 is 15.0 Å². The van der Waals surface area contributed by atoms with E-state index < -0.39 is 18.3 Å². The van der Waals surface area contributed by atoms with Gasteiger partial charge in [-0.3, -0.25) is 4.90 Å². The minimum absolute atomic E-state index is 0.0391. The van der Waals surface area contributed by atoms with Gasteiger partial charge in [0.05, 0.1) is 16.3 Å². The first-order valence-corrected chi connectivity index (χ1v) is 13.3. The first kappa shape index (κ1) is 31.6. The molecule has 13 heteroatoms. The van der Waals surface area contributed by atoms with Crippen molar-refractivity contribution in [3.05, 3.63) is 40.2 Å². The molecule has 1 aromatic carbocycles. The molecule has 0 amide bonds. The standard InChI is InChI=1S/C27H36ClF3N6O3/c1-15-24(23(16(2)32)17(3)38)34-25(21-12-20(6-7-22(21)28)40-14-19(39)13-33-5)35-26(15)37-10-8-36(9-11-37)18(4)27(29,30)31/h6-7,12,18-19,32-33,38-39H,8-11,13-14H2,1-5H3/b23-17+,32-16?/t18-,19-/m1/s1. The Hall–Kier alpha value is -2.93. The van der Waals surface area contributed by atoms with Gasteiger partial charge in [-0.25, -0.2) is 9.97 Å². The number of allylic oxidation sites excluding steroid dienone is 2. The van der Waals surface area contributed by atoms with Crippen LogP contribution in [0.1, 0.15) is 32.0 Å². The molecule has 2 aromatic rings. The average Bonchev–Trinajstić information content (AvgIpc) is 2.88. The van der Waals surface area contributed by atoms with Crippen molar-refractivity contribution in [2.75, 3.05) is 51.3 Å². The van der Waals surface area contributed by atoms with Crippen molar-refractivity contribution in [2.24, 2.45) is 0 Å². The maximum atomic E-state index is 13.3. The molecule has 9 nitrogen and oxygen atoms in total. The van der Waals surface area contributed by atoms with Crippen molar-refractivity contribution in [2.45, 2.75) is 46.0 Å². The lowest BCUT2D eigenvalue weighted by Crippen LogP contribution is -2.54. The Morgan fingerprint density at radius 2 is 1.85 bits per heavy atom. The molecule has 0 aliphatic carbocycles. The van der Waals surface area contributed by atoms with Crippen molar-refractivity contribution in [1.82, 2.24) is 20.2 Å². The first-order chi connectivity index (χ1) is 18.7. The molecule has 1 fully saturated rings. The van der Waals surface area contributed by atoms with Gasteiger partial charge in [-0.1, -0.05) is 11.6 Å². The monoisotopic (exact) mass is 584 g/mol. The van der Waals surface area contributed by atoms with E-state index in [2.05, 4.69) is 10.3 Å². The van der Waals surface area contributed by atoms with Crippen LogP contribution in [0.2, 0.25) is 5.02 Å². The second-order valence-corrected chi connectivity index (χ2v) is 10.2. The third-order valence-electron chi connectivity index (χ3n) is 6.79. The van der Waals surface area contributed by atoms with E-state index in [0.29, 0.717) is 40.0 Å². The summed E-state index contributed by atoms with van der Waals surface area (Å²) in [6.45, 7) is 7.24. The summed E-state index contributed by atoms with van der Waals surface area (Å²) >= 11 is 6.55. The number of benzene rings is 1. The van der Waals surface area contributed by atoms with Crippen molar-refractivity contribution in [3.63, 3.8) is 0 Å². The third kappa shape index (κ3) is 7.42. The maximum Gasteiger partial charge on any atom is 0.403 e. The molecule has 1 aliphatic heterocycles. The highest BCUT2D eigenvalue weighted by atomic mass is 35.5. The van der Waals surface area contributed by atoms with Crippen molar-refractivity contribution in [3.8, 4) is 17.1 Å². The highest BCUT2D eigenvalue weighted by Gasteiger charge is 2.41. The zero-order chi connectivity index (χ0) is 29.8. The Morgan fingerprint density at radius 1 is 1.20 bits per heavy atom. The van der Waals surface area contributed by atoms with E-state index in [0.717, 1.165) is 6.92 Å². The second kappa shape index (κ2) is 13.2. The number of halogens is 4. The van der Waals surface area contributed by atoms with E-state index in [1.807, 2.05) is 4.90 Å². The van der Waals surface area contributed by atoms with Gasteiger partial charge in [0.2, 0.25) is 0 Å². The van der Waals surface area contributed by atoms with E-state index in [1.165, 1.54) is 18.7 Å². The molecule has 0 unspecified atom stereocenters. The lowest BCUT2D eigenvalue weighted by Gasteiger charge is -2.39. The Balaban J connectivity index is 2.06. The van der Waals surface area contributed by atoms with Gasteiger partial charge >= 0.3 is 6.18 Å². The fourth-order valence-corrected chi connectivity index (χ4v) is 4.78. The van der Waals surface area contributed by atoms with Crippen molar-refractivity contribution < 1.29 is 28.1 Å². The average molecular weight is 585 g/mol.